The Morgan fingerprint density at radius 1 is 1.33 bits per heavy atom. The van der Waals surface area contributed by atoms with E-state index >= 15 is 0 Å². The highest BCUT2D eigenvalue weighted by atomic mass is 16.5. The van der Waals surface area contributed by atoms with E-state index in [2.05, 4.69) is 10.6 Å². The van der Waals surface area contributed by atoms with Gasteiger partial charge in [0.1, 0.15) is 18.5 Å². The van der Waals surface area contributed by atoms with Crippen molar-refractivity contribution in [2.24, 2.45) is 5.92 Å². The zero-order valence-corrected chi connectivity index (χ0v) is 12.6. The van der Waals surface area contributed by atoms with Crippen LogP contribution in [0, 0.1) is 5.92 Å². The molecule has 0 aliphatic heterocycles. The maximum Gasteiger partial charge on any atom is 0.222 e. The van der Waals surface area contributed by atoms with E-state index < -0.39 is 6.10 Å². The normalized spacial score (nSPS) is 21.9. The van der Waals surface area contributed by atoms with Crippen LogP contribution in [0.5, 0.6) is 5.75 Å². The quantitative estimate of drug-likeness (QED) is 0.666. The molecule has 5 nitrogen and oxygen atoms in total. The minimum absolute atomic E-state index is 0.0103. The van der Waals surface area contributed by atoms with Crippen molar-refractivity contribution in [3.05, 3.63) is 30.3 Å². The van der Waals surface area contributed by atoms with Crippen molar-refractivity contribution in [1.82, 2.24) is 10.6 Å². The van der Waals surface area contributed by atoms with Gasteiger partial charge in [0.05, 0.1) is 0 Å². The number of benzene rings is 1. The molecule has 1 fully saturated rings. The number of amides is 1. The summed E-state index contributed by atoms with van der Waals surface area (Å²) in [5.41, 5.74) is 0. The molecule has 21 heavy (non-hydrogen) atoms. The van der Waals surface area contributed by atoms with Crippen LogP contribution in [0.25, 0.3) is 0 Å². The van der Waals surface area contributed by atoms with Crippen LogP contribution in [0.4, 0.5) is 0 Å². The van der Waals surface area contributed by atoms with Crippen LogP contribution in [0.15, 0.2) is 30.3 Å². The second kappa shape index (κ2) is 7.43. The molecule has 5 heteroatoms. The number of ether oxygens (including phenoxy) is 1. The number of hydrogen-bond donors (Lipinski definition) is 3. The Labute approximate surface area is 125 Å². The van der Waals surface area contributed by atoms with Gasteiger partial charge in [-0.15, -0.1) is 0 Å². The van der Waals surface area contributed by atoms with Gasteiger partial charge < -0.3 is 20.5 Å². The molecule has 1 aromatic carbocycles. The standard InChI is InChI=1S/C16H24N2O3/c1-11(2)16(20)18-15-8-14(15)17-9-12(19)10-21-13-6-4-3-5-7-13/h3-7,11-12,14-15,17,19H,8-10H2,1-2H3,(H,18,20)/t12-,14+,15+/m1/s1. The van der Waals surface area contributed by atoms with Crippen LogP contribution in [0.2, 0.25) is 0 Å². The Balaban J connectivity index is 1.58. The third-order valence-corrected chi connectivity index (χ3v) is 3.44. The number of carbonyl (C=O) groups excluding carboxylic acids is 1. The molecule has 3 atom stereocenters. The van der Waals surface area contributed by atoms with E-state index in [1.54, 1.807) is 0 Å². The first-order valence-corrected chi connectivity index (χ1v) is 7.46. The minimum atomic E-state index is -0.563. The molecule has 1 saturated carbocycles. The Hall–Kier alpha value is -1.59. The number of hydrogen-bond acceptors (Lipinski definition) is 4. The summed E-state index contributed by atoms with van der Waals surface area (Å²) in [6.45, 7) is 4.48. The summed E-state index contributed by atoms with van der Waals surface area (Å²) in [5.74, 6) is 0.846. The van der Waals surface area contributed by atoms with Crippen LogP contribution in [0.1, 0.15) is 20.3 Å². The molecule has 0 spiro atoms. The second-order valence-electron chi connectivity index (χ2n) is 5.80. The van der Waals surface area contributed by atoms with Crippen molar-refractivity contribution >= 4 is 5.91 Å². The van der Waals surface area contributed by atoms with E-state index in [0.29, 0.717) is 6.54 Å². The van der Waals surface area contributed by atoms with Gasteiger partial charge in [-0.3, -0.25) is 4.79 Å². The Morgan fingerprint density at radius 3 is 2.71 bits per heavy atom. The molecule has 2 rings (SSSR count). The third kappa shape index (κ3) is 5.36. The van der Waals surface area contributed by atoms with Crippen molar-refractivity contribution in [3.63, 3.8) is 0 Å². The number of rotatable bonds is 8. The first-order chi connectivity index (χ1) is 10.1. The summed E-state index contributed by atoms with van der Waals surface area (Å²) >= 11 is 0. The Morgan fingerprint density at radius 2 is 2.05 bits per heavy atom. The summed E-state index contributed by atoms with van der Waals surface area (Å²) in [6, 6.07) is 9.89. The van der Waals surface area contributed by atoms with Crippen LogP contribution < -0.4 is 15.4 Å². The lowest BCUT2D eigenvalue weighted by molar-refractivity contribution is -0.124. The summed E-state index contributed by atoms with van der Waals surface area (Å²) in [6.07, 6.45) is 0.359. The third-order valence-electron chi connectivity index (χ3n) is 3.44. The monoisotopic (exact) mass is 292 g/mol. The van der Waals surface area contributed by atoms with E-state index in [4.69, 9.17) is 4.74 Å². The number of aliphatic hydroxyl groups excluding tert-OH is 1. The largest absolute Gasteiger partial charge is 0.491 e. The summed E-state index contributed by atoms with van der Waals surface area (Å²) < 4.78 is 5.48. The fourth-order valence-electron chi connectivity index (χ4n) is 1.98. The van der Waals surface area contributed by atoms with Gasteiger partial charge >= 0.3 is 0 Å². The van der Waals surface area contributed by atoms with Gasteiger partial charge in [-0.25, -0.2) is 0 Å². The van der Waals surface area contributed by atoms with Gasteiger partial charge in [-0.05, 0) is 18.6 Å². The molecule has 1 aromatic rings. The summed E-state index contributed by atoms with van der Waals surface area (Å²) in [7, 11) is 0. The maximum atomic E-state index is 11.5. The van der Waals surface area contributed by atoms with Gasteiger partial charge in [0.2, 0.25) is 5.91 Å². The molecule has 1 amide bonds. The predicted molar refractivity (Wildman–Crippen MR) is 81.1 cm³/mol. The average molecular weight is 292 g/mol. The minimum Gasteiger partial charge on any atom is -0.491 e. The van der Waals surface area contributed by atoms with Crippen LogP contribution in [0.3, 0.4) is 0 Å². The van der Waals surface area contributed by atoms with Crippen molar-refractivity contribution in [2.45, 2.75) is 38.5 Å². The zero-order valence-electron chi connectivity index (χ0n) is 12.6. The van der Waals surface area contributed by atoms with E-state index in [9.17, 15) is 9.90 Å². The molecule has 0 bridgehead atoms. The lowest BCUT2D eigenvalue weighted by atomic mass is 10.2. The summed E-state index contributed by atoms with van der Waals surface area (Å²) in [4.78, 5) is 11.5. The Kier molecular flexibility index (Phi) is 5.59. The molecule has 0 heterocycles. The second-order valence-corrected chi connectivity index (χ2v) is 5.80. The van der Waals surface area contributed by atoms with Gasteiger partial charge in [-0.2, -0.15) is 0 Å². The highest BCUT2D eigenvalue weighted by Crippen LogP contribution is 2.21. The van der Waals surface area contributed by atoms with Gasteiger partial charge in [-0.1, -0.05) is 32.0 Å². The lowest BCUT2D eigenvalue weighted by Crippen LogP contribution is -2.38. The number of aliphatic hydroxyl groups is 1. The first-order valence-electron chi connectivity index (χ1n) is 7.46. The highest BCUT2D eigenvalue weighted by molar-refractivity contribution is 5.78. The molecule has 0 unspecified atom stereocenters. The molecule has 1 aliphatic rings. The SMILES string of the molecule is CC(C)C(=O)N[C@H]1C[C@@H]1NC[C@@H](O)COc1ccccc1. The van der Waals surface area contributed by atoms with Crippen LogP contribution in [-0.2, 0) is 4.79 Å². The van der Waals surface area contributed by atoms with Crippen LogP contribution in [-0.4, -0.2) is 42.4 Å². The molecule has 0 aromatic heterocycles. The molecular weight excluding hydrogens is 268 g/mol. The molecule has 0 saturated heterocycles. The number of nitrogens with one attached hydrogen (secondary N) is 2. The van der Waals surface area contributed by atoms with E-state index in [1.165, 1.54) is 0 Å². The molecule has 3 N–H and O–H groups in total. The van der Waals surface area contributed by atoms with E-state index in [1.807, 2.05) is 44.2 Å². The van der Waals surface area contributed by atoms with Crippen molar-refractivity contribution in [2.75, 3.05) is 13.2 Å². The van der Waals surface area contributed by atoms with Gasteiger partial charge in [0.15, 0.2) is 0 Å². The van der Waals surface area contributed by atoms with E-state index in [-0.39, 0.29) is 30.5 Å². The highest BCUT2D eigenvalue weighted by Gasteiger charge is 2.38. The van der Waals surface area contributed by atoms with Crippen LogP contribution >= 0.6 is 0 Å². The number of para-hydroxylation sites is 1. The molecule has 1 aliphatic carbocycles. The van der Waals surface area contributed by atoms with Gasteiger partial charge in [0, 0.05) is 24.5 Å². The van der Waals surface area contributed by atoms with Gasteiger partial charge in [0.25, 0.3) is 0 Å². The lowest BCUT2D eigenvalue weighted by Gasteiger charge is -2.13. The summed E-state index contributed by atoms with van der Waals surface area (Å²) in [5, 5.41) is 16.1. The van der Waals surface area contributed by atoms with Crippen molar-refractivity contribution in [1.29, 1.82) is 0 Å². The smallest absolute Gasteiger partial charge is 0.222 e. The fraction of sp³-hybridized carbons (Fsp3) is 0.562. The molecular formula is C16H24N2O3. The topological polar surface area (TPSA) is 70.6 Å². The molecule has 0 radical (unpaired) electrons. The van der Waals surface area contributed by atoms with Crippen molar-refractivity contribution < 1.29 is 14.6 Å². The average Bonchev–Trinajstić information content (AvgIpc) is 3.22. The maximum absolute atomic E-state index is 11.5. The predicted octanol–water partition coefficient (Wildman–Crippen LogP) is 0.929. The van der Waals surface area contributed by atoms with Crippen molar-refractivity contribution in [3.8, 4) is 5.75 Å². The molecule has 116 valence electrons. The number of carbonyl (C=O) groups is 1. The van der Waals surface area contributed by atoms with E-state index in [0.717, 1.165) is 12.2 Å². The Bertz CT molecular complexity index is 450. The zero-order chi connectivity index (χ0) is 15.2. The first kappa shape index (κ1) is 15.8. The fourth-order valence-corrected chi connectivity index (χ4v) is 1.98.